The Morgan fingerprint density at radius 1 is 1.05 bits per heavy atom. The van der Waals surface area contributed by atoms with E-state index in [1.807, 2.05) is 36.7 Å². The topological polar surface area (TPSA) is 104 Å². The highest BCUT2D eigenvalue weighted by Crippen LogP contribution is 2.21. The first kappa shape index (κ1) is 26.4. The molecular weight excluding hydrogens is 525 g/mol. The summed E-state index contributed by atoms with van der Waals surface area (Å²) in [5.41, 5.74) is 3.62. The summed E-state index contributed by atoms with van der Waals surface area (Å²) in [7, 11) is 0. The van der Waals surface area contributed by atoms with Gasteiger partial charge in [-0.15, -0.1) is 0 Å². The molecule has 2 aromatic carbocycles. The third-order valence-corrected chi connectivity index (χ3v) is 6.97. The Hall–Kier alpha value is -4.87. The van der Waals surface area contributed by atoms with Crippen LogP contribution in [0.15, 0.2) is 96.1 Å². The first-order chi connectivity index (χ1) is 20.0. The quantitative estimate of drug-likeness (QED) is 0.415. The number of amides is 2. The molecule has 10 nitrogen and oxygen atoms in total. The molecule has 3 aromatic rings. The van der Waals surface area contributed by atoms with E-state index in [9.17, 15) is 14.0 Å². The summed E-state index contributed by atoms with van der Waals surface area (Å²) in [6.07, 6.45) is 7.49. The molecule has 41 heavy (non-hydrogen) atoms. The van der Waals surface area contributed by atoms with Crippen LogP contribution in [-0.4, -0.2) is 60.5 Å². The minimum absolute atomic E-state index is 0.0541. The number of halogens is 1. The van der Waals surface area contributed by atoms with Gasteiger partial charge in [0.15, 0.2) is 6.67 Å². The molecule has 1 unspecified atom stereocenters. The molecule has 1 aromatic heterocycles. The summed E-state index contributed by atoms with van der Waals surface area (Å²) in [5, 5.41) is 6.16. The number of aromatic nitrogens is 1. The smallest absolute Gasteiger partial charge is 0.257 e. The lowest BCUT2D eigenvalue weighted by Crippen LogP contribution is -3.12. The van der Waals surface area contributed by atoms with E-state index >= 15 is 0 Å². The van der Waals surface area contributed by atoms with Gasteiger partial charge in [-0.1, -0.05) is 12.1 Å². The monoisotopic (exact) mass is 554 g/mol. The van der Waals surface area contributed by atoms with E-state index in [0.29, 0.717) is 50.0 Å². The normalized spacial score (nSPS) is 17.9. The molecule has 11 heteroatoms. The number of pyridine rings is 1. The van der Waals surface area contributed by atoms with E-state index in [4.69, 9.17) is 4.74 Å². The van der Waals surface area contributed by atoms with Gasteiger partial charge in [-0.05, 0) is 54.1 Å². The zero-order valence-electron chi connectivity index (χ0n) is 22.2. The van der Waals surface area contributed by atoms with Crippen LogP contribution in [0.2, 0.25) is 0 Å². The number of aliphatic imine (C=N–C) groups is 1. The zero-order valence-corrected chi connectivity index (χ0v) is 22.2. The third-order valence-electron chi connectivity index (χ3n) is 6.97. The summed E-state index contributed by atoms with van der Waals surface area (Å²) >= 11 is 0. The van der Waals surface area contributed by atoms with Crippen molar-refractivity contribution < 1.29 is 23.6 Å². The first-order valence-corrected chi connectivity index (χ1v) is 13.4. The van der Waals surface area contributed by atoms with E-state index in [-0.39, 0.29) is 24.1 Å². The molecule has 3 aliphatic heterocycles. The molecule has 1 atom stereocenters. The third kappa shape index (κ3) is 6.16. The van der Waals surface area contributed by atoms with E-state index < -0.39 is 0 Å². The second kappa shape index (κ2) is 11.7. The summed E-state index contributed by atoms with van der Waals surface area (Å²) in [6.45, 7) is 2.86. The summed E-state index contributed by atoms with van der Waals surface area (Å²) in [4.78, 5) is 39.3. The van der Waals surface area contributed by atoms with Crippen molar-refractivity contribution in [1.29, 1.82) is 0 Å². The van der Waals surface area contributed by atoms with Gasteiger partial charge in [0, 0.05) is 36.9 Å². The molecular formula is C30H29FN7O3+. The van der Waals surface area contributed by atoms with Crippen molar-refractivity contribution in [2.75, 3.05) is 48.5 Å². The molecule has 0 radical (unpaired) electrons. The Morgan fingerprint density at radius 2 is 1.88 bits per heavy atom. The number of anilines is 3. The van der Waals surface area contributed by atoms with Gasteiger partial charge in [-0.2, -0.15) is 4.99 Å². The van der Waals surface area contributed by atoms with Gasteiger partial charge in [-0.3, -0.25) is 14.5 Å². The molecule has 0 bridgehead atoms. The highest BCUT2D eigenvalue weighted by Gasteiger charge is 2.31. The Bertz CT molecular complexity index is 1530. The van der Waals surface area contributed by atoms with E-state index in [0.717, 1.165) is 27.7 Å². The molecule has 0 aliphatic carbocycles. The van der Waals surface area contributed by atoms with Crippen LogP contribution >= 0.6 is 0 Å². The lowest BCUT2D eigenvalue weighted by atomic mass is 10.1. The number of nitrogens with one attached hydrogen (secondary N) is 3. The Balaban J connectivity index is 1.16. The van der Waals surface area contributed by atoms with Gasteiger partial charge >= 0.3 is 0 Å². The molecule has 2 amide bonds. The maximum atomic E-state index is 13.2. The van der Waals surface area contributed by atoms with Crippen LogP contribution in [0, 0.1) is 5.82 Å². The molecule has 3 N–H and O–H groups in total. The first-order valence-electron chi connectivity index (χ1n) is 13.4. The van der Waals surface area contributed by atoms with Gasteiger partial charge in [0.05, 0.1) is 31.4 Å². The molecule has 0 spiro atoms. The van der Waals surface area contributed by atoms with Crippen LogP contribution in [0.25, 0.3) is 0 Å². The number of amidine groups is 1. The van der Waals surface area contributed by atoms with Crippen molar-refractivity contribution >= 4 is 34.8 Å². The Morgan fingerprint density at radius 3 is 2.66 bits per heavy atom. The standard InChI is InChI=1S/C30H28FN7O3/c31-23-5-7-24(8-6-23)34-28(39)17-21-2-1-3-25(16-21)38-19-26(29-32-10-11-37(29)20-38)35-27-9-4-22(18-33-27)30(40)36-12-14-41-15-13-36/h1-11,16,18-19H,12-15,17,20H2,(H,33,35)(H,34,39)/p+1. The van der Waals surface area contributed by atoms with Crippen LogP contribution in [0.1, 0.15) is 15.9 Å². The number of carbonyl (C=O) groups excluding carboxylic acids is 2. The predicted octanol–water partition coefficient (Wildman–Crippen LogP) is 2.37. The van der Waals surface area contributed by atoms with Crippen LogP contribution in [-0.2, 0) is 16.0 Å². The largest absolute Gasteiger partial charge is 0.378 e. The molecule has 1 fully saturated rings. The summed E-state index contributed by atoms with van der Waals surface area (Å²) in [5.74, 6) is 0.841. The minimum Gasteiger partial charge on any atom is -0.378 e. The number of hydrogen-bond donors (Lipinski definition) is 3. The lowest BCUT2D eigenvalue weighted by Gasteiger charge is -2.30. The Labute approximate surface area is 236 Å². The minimum atomic E-state index is -0.353. The van der Waals surface area contributed by atoms with Crippen LogP contribution < -0.4 is 20.4 Å². The molecule has 208 valence electrons. The molecule has 6 rings (SSSR count). The van der Waals surface area contributed by atoms with Gasteiger partial charge in [0.2, 0.25) is 5.91 Å². The summed E-state index contributed by atoms with van der Waals surface area (Å²) < 4.78 is 18.5. The number of morpholine rings is 1. The van der Waals surface area contributed by atoms with Crippen LogP contribution in [0.5, 0.6) is 0 Å². The maximum Gasteiger partial charge on any atom is 0.257 e. The average molecular weight is 555 g/mol. The zero-order chi connectivity index (χ0) is 28.2. The number of ether oxygens (including phenoxy) is 1. The number of fused-ring (bicyclic) bond motifs is 1. The number of benzene rings is 2. The second-order valence-electron chi connectivity index (χ2n) is 9.85. The van der Waals surface area contributed by atoms with Gasteiger partial charge in [0.1, 0.15) is 23.5 Å². The predicted molar refractivity (Wildman–Crippen MR) is 153 cm³/mol. The Kier molecular flexibility index (Phi) is 7.52. The van der Waals surface area contributed by atoms with Gasteiger partial charge in [-0.25, -0.2) is 14.3 Å². The second-order valence-corrected chi connectivity index (χ2v) is 9.85. The average Bonchev–Trinajstić information content (AvgIpc) is 3.48. The molecule has 3 aliphatic rings. The highest BCUT2D eigenvalue weighted by atomic mass is 19.1. The van der Waals surface area contributed by atoms with Crippen molar-refractivity contribution in [3.8, 4) is 0 Å². The van der Waals surface area contributed by atoms with E-state index in [1.165, 1.54) is 24.3 Å². The van der Waals surface area contributed by atoms with Crippen molar-refractivity contribution in [1.82, 2.24) is 9.88 Å². The van der Waals surface area contributed by atoms with Gasteiger partial charge < -0.3 is 20.3 Å². The fourth-order valence-electron chi connectivity index (χ4n) is 4.89. The van der Waals surface area contributed by atoms with Crippen LogP contribution in [0.4, 0.5) is 21.6 Å². The molecule has 4 heterocycles. The van der Waals surface area contributed by atoms with E-state index in [2.05, 4.69) is 25.5 Å². The number of rotatable bonds is 7. The van der Waals surface area contributed by atoms with Crippen molar-refractivity contribution in [3.05, 3.63) is 108 Å². The number of hydrogen-bond acceptors (Lipinski definition) is 7. The maximum absolute atomic E-state index is 13.2. The van der Waals surface area contributed by atoms with E-state index in [1.54, 1.807) is 29.4 Å². The summed E-state index contributed by atoms with van der Waals surface area (Å²) in [6, 6.07) is 17.0. The molecule has 1 saturated heterocycles. The van der Waals surface area contributed by atoms with Crippen molar-refractivity contribution in [2.45, 2.75) is 6.42 Å². The number of nitrogens with zero attached hydrogens (tertiary/aromatic N) is 4. The van der Waals surface area contributed by atoms with Crippen molar-refractivity contribution in [2.24, 2.45) is 4.99 Å². The van der Waals surface area contributed by atoms with Crippen molar-refractivity contribution in [3.63, 3.8) is 0 Å². The SMILES string of the molecule is O=C(Cc1cccc(N2C=C(Nc3ccc(C(=O)N4CCOCC4)cn3)C3=NC=C[NH+]3C2)c1)Nc1ccc(F)cc1. The van der Waals surface area contributed by atoms with Crippen LogP contribution in [0.3, 0.4) is 0 Å². The number of carbonyl (C=O) groups is 2. The fourth-order valence-corrected chi connectivity index (χ4v) is 4.89. The number of quaternary nitrogens is 1. The fraction of sp³-hybridized carbons (Fsp3) is 0.200. The lowest BCUT2D eigenvalue weighted by molar-refractivity contribution is -0.743. The van der Waals surface area contributed by atoms with Gasteiger partial charge in [0.25, 0.3) is 11.7 Å². The highest BCUT2D eigenvalue weighted by molar-refractivity contribution is 5.97. The molecule has 0 saturated carbocycles.